The van der Waals surface area contributed by atoms with Gasteiger partial charge in [-0.1, -0.05) is 54.6 Å². The van der Waals surface area contributed by atoms with Gasteiger partial charge in [0.2, 0.25) is 10.0 Å². The predicted octanol–water partition coefficient (Wildman–Crippen LogP) is 3.52. The Balaban J connectivity index is 1.77. The molecular formula is C23H20N2O3S. The highest BCUT2D eigenvalue weighted by Gasteiger charge is 2.38. The SMILES string of the molecule is O=C1/C(=C\c2ccccn2)CN(S(=O)(=O)c2ccccc2)CC1c1ccccc1. The second kappa shape index (κ2) is 8.11. The summed E-state index contributed by atoms with van der Waals surface area (Å²) in [5.74, 6) is -0.625. The lowest BCUT2D eigenvalue weighted by atomic mass is 9.87. The molecule has 0 aliphatic carbocycles. The third-order valence-corrected chi connectivity index (χ3v) is 6.78. The minimum absolute atomic E-state index is 0.0238. The highest BCUT2D eigenvalue weighted by molar-refractivity contribution is 7.89. The minimum Gasteiger partial charge on any atom is -0.294 e. The normalized spacial score (nSPS) is 19.4. The first-order chi connectivity index (χ1) is 14.1. The number of ketones is 1. The highest BCUT2D eigenvalue weighted by atomic mass is 32.2. The van der Waals surface area contributed by atoms with Gasteiger partial charge in [0.05, 0.1) is 16.5 Å². The van der Waals surface area contributed by atoms with Crippen LogP contribution in [0.4, 0.5) is 0 Å². The molecule has 1 aromatic heterocycles. The number of hydrogen-bond acceptors (Lipinski definition) is 4. The van der Waals surface area contributed by atoms with Crippen molar-refractivity contribution in [2.45, 2.75) is 10.8 Å². The average molecular weight is 404 g/mol. The van der Waals surface area contributed by atoms with Crippen LogP contribution in [0.2, 0.25) is 0 Å². The molecular weight excluding hydrogens is 384 g/mol. The summed E-state index contributed by atoms with van der Waals surface area (Å²) in [4.78, 5) is 17.7. The van der Waals surface area contributed by atoms with Crippen molar-refractivity contribution in [3.63, 3.8) is 0 Å². The molecule has 1 aliphatic rings. The molecule has 4 rings (SSSR count). The van der Waals surface area contributed by atoms with Crippen molar-refractivity contribution in [2.75, 3.05) is 13.1 Å². The van der Waals surface area contributed by atoms with Crippen LogP contribution in [0.5, 0.6) is 0 Å². The van der Waals surface area contributed by atoms with Gasteiger partial charge >= 0.3 is 0 Å². The lowest BCUT2D eigenvalue weighted by Gasteiger charge is -2.33. The summed E-state index contributed by atoms with van der Waals surface area (Å²) in [6, 6.07) is 23.0. The van der Waals surface area contributed by atoms with Crippen LogP contribution in [-0.4, -0.2) is 36.6 Å². The Hall–Kier alpha value is -3.09. The van der Waals surface area contributed by atoms with Gasteiger partial charge in [0.15, 0.2) is 5.78 Å². The number of rotatable bonds is 4. The van der Waals surface area contributed by atoms with Gasteiger partial charge < -0.3 is 0 Å². The van der Waals surface area contributed by atoms with Crippen molar-refractivity contribution in [1.29, 1.82) is 0 Å². The molecule has 1 aliphatic heterocycles. The molecule has 146 valence electrons. The maximum absolute atomic E-state index is 13.2. The van der Waals surface area contributed by atoms with Crippen molar-refractivity contribution in [1.82, 2.24) is 9.29 Å². The van der Waals surface area contributed by atoms with Crippen LogP contribution in [0.25, 0.3) is 6.08 Å². The maximum Gasteiger partial charge on any atom is 0.243 e. The molecule has 0 amide bonds. The number of nitrogens with zero attached hydrogens (tertiary/aromatic N) is 2. The fraction of sp³-hybridized carbons (Fsp3) is 0.130. The smallest absolute Gasteiger partial charge is 0.243 e. The van der Waals surface area contributed by atoms with E-state index >= 15 is 0 Å². The van der Waals surface area contributed by atoms with Crippen LogP contribution in [0.3, 0.4) is 0 Å². The topological polar surface area (TPSA) is 67.3 Å². The molecule has 0 radical (unpaired) electrons. The van der Waals surface area contributed by atoms with Gasteiger partial charge in [0.25, 0.3) is 0 Å². The number of aromatic nitrogens is 1. The van der Waals surface area contributed by atoms with Crippen LogP contribution >= 0.6 is 0 Å². The van der Waals surface area contributed by atoms with Crippen molar-refractivity contribution >= 4 is 21.9 Å². The van der Waals surface area contributed by atoms with Crippen LogP contribution in [-0.2, 0) is 14.8 Å². The second-order valence-corrected chi connectivity index (χ2v) is 8.80. The molecule has 0 bridgehead atoms. The molecule has 29 heavy (non-hydrogen) atoms. The van der Waals surface area contributed by atoms with E-state index in [9.17, 15) is 13.2 Å². The molecule has 0 saturated carbocycles. The summed E-state index contributed by atoms with van der Waals surface area (Å²) in [5, 5.41) is 0. The molecule has 0 N–H and O–H groups in total. The first kappa shape index (κ1) is 19.2. The summed E-state index contributed by atoms with van der Waals surface area (Å²) in [6.45, 7) is 0.135. The highest BCUT2D eigenvalue weighted by Crippen LogP contribution is 2.31. The Morgan fingerprint density at radius 1 is 0.897 bits per heavy atom. The van der Waals surface area contributed by atoms with Crippen molar-refractivity contribution in [3.8, 4) is 0 Å². The summed E-state index contributed by atoms with van der Waals surface area (Å²) in [7, 11) is -3.73. The van der Waals surface area contributed by atoms with E-state index in [0.717, 1.165) is 5.56 Å². The van der Waals surface area contributed by atoms with E-state index in [1.807, 2.05) is 36.4 Å². The van der Waals surface area contributed by atoms with Gasteiger partial charge in [-0.15, -0.1) is 0 Å². The molecule has 1 atom stereocenters. The Morgan fingerprint density at radius 3 is 2.21 bits per heavy atom. The number of piperidine rings is 1. The Bertz CT molecular complexity index is 1130. The van der Waals surface area contributed by atoms with Gasteiger partial charge in [-0.05, 0) is 35.9 Å². The molecule has 2 heterocycles. The Labute approximate surface area is 170 Å². The van der Waals surface area contributed by atoms with Crippen molar-refractivity contribution in [3.05, 3.63) is 102 Å². The summed E-state index contributed by atoms with van der Waals surface area (Å²) >= 11 is 0. The number of Topliss-reactive ketones (excluding diaryl/α,β-unsaturated/α-hetero) is 1. The monoisotopic (exact) mass is 404 g/mol. The number of carbonyl (C=O) groups is 1. The molecule has 2 aromatic carbocycles. The van der Waals surface area contributed by atoms with Crippen LogP contribution in [0.15, 0.2) is 95.5 Å². The van der Waals surface area contributed by atoms with Crippen LogP contribution in [0.1, 0.15) is 17.2 Å². The Kier molecular flexibility index (Phi) is 5.38. The lowest BCUT2D eigenvalue weighted by Crippen LogP contribution is -2.44. The molecule has 3 aromatic rings. The van der Waals surface area contributed by atoms with Gasteiger partial charge in [0, 0.05) is 24.9 Å². The van der Waals surface area contributed by atoms with E-state index in [1.165, 1.54) is 4.31 Å². The van der Waals surface area contributed by atoms with E-state index in [4.69, 9.17) is 0 Å². The predicted molar refractivity (Wildman–Crippen MR) is 112 cm³/mol. The number of carbonyl (C=O) groups excluding carboxylic acids is 1. The molecule has 1 unspecified atom stereocenters. The van der Waals surface area contributed by atoms with Crippen molar-refractivity contribution < 1.29 is 13.2 Å². The summed E-state index contributed by atoms with van der Waals surface area (Å²) in [5.41, 5.74) is 1.86. The largest absolute Gasteiger partial charge is 0.294 e. The third kappa shape index (κ3) is 4.04. The third-order valence-electron chi connectivity index (χ3n) is 4.96. The van der Waals surface area contributed by atoms with E-state index in [1.54, 1.807) is 54.7 Å². The van der Waals surface area contributed by atoms with Gasteiger partial charge in [-0.25, -0.2) is 8.42 Å². The van der Waals surface area contributed by atoms with Gasteiger partial charge in [-0.3, -0.25) is 9.78 Å². The molecule has 0 spiro atoms. The maximum atomic E-state index is 13.2. The fourth-order valence-corrected chi connectivity index (χ4v) is 4.92. The van der Waals surface area contributed by atoms with E-state index in [2.05, 4.69) is 4.98 Å². The molecule has 6 heteroatoms. The van der Waals surface area contributed by atoms with E-state index < -0.39 is 15.9 Å². The quantitative estimate of drug-likeness (QED) is 0.624. The number of pyridine rings is 1. The number of hydrogen-bond donors (Lipinski definition) is 0. The first-order valence-corrected chi connectivity index (χ1v) is 10.8. The second-order valence-electron chi connectivity index (χ2n) is 6.86. The van der Waals surface area contributed by atoms with Crippen LogP contribution in [0, 0.1) is 0 Å². The lowest BCUT2D eigenvalue weighted by molar-refractivity contribution is -0.118. The minimum atomic E-state index is -3.73. The van der Waals surface area contributed by atoms with Gasteiger partial charge in [0.1, 0.15) is 0 Å². The summed E-state index contributed by atoms with van der Waals surface area (Å²) in [6.07, 6.45) is 3.33. The van der Waals surface area contributed by atoms with Crippen LogP contribution < -0.4 is 0 Å². The zero-order valence-electron chi connectivity index (χ0n) is 15.7. The molecule has 1 fully saturated rings. The zero-order chi connectivity index (χ0) is 20.3. The number of sulfonamides is 1. The fourth-order valence-electron chi connectivity index (χ4n) is 3.47. The standard InChI is InChI=1S/C23H20N2O3S/c26-23-19(15-20-11-7-8-14-24-20)16-25(17-22(23)18-9-3-1-4-10-18)29(27,28)21-12-5-2-6-13-21/h1-15,22H,16-17H2/b19-15-. The summed E-state index contributed by atoms with van der Waals surface area (Å²) < 4.78 is 27.9. The van der Waals surface area contributed by atoms with E-state index in [0.29, 0.717) is 11.3 Å². The molecule has 1 saturated heterocycles. The van der Waals surface area contributed by atoms with Crippen molar-refractivity contribution in [2.24, 2.45) is 0 Å². The molecule has 5 nitrogen and oxygen atoms in total. The van der Waals surface area contributed by atoms with E-state index in [-0.39, 0.29) is 23.8 Å². The number of benzene rings is 2. The Morgan fingerprint density at radius 2 is 1.55 bits per heavy atom. The van der Waals surface area contributed by atoms with Gasteiger partial charge in [-0.2, -0.15) is 4.31 Å². The zero-order valence-corrected chi connectivity index (χ0v) is 16.5. The average Bonchev–Trinajstić information content (AvgIpc) is 2.77. The first-order valence-electron chi connectivity index (χ1n) is 9.31.